The fourth-order valence-electron chi connectivity index (χ4n) is 9.10. The van der Waals surface area contributed by atoms with Gasteiger partial charge in [0, 0.05) is 6.92 Å². The van der Waals surface area contributed by atoms with Crippen molar-refractivity contribution in [2.45, 2.75) is 78.7 Å². The Morgan fingerprint density at radius 3 is 2.40 bits per heavy atom. The summed E-state index contributed by atoms with van der Waals surface area (Å²) >= 11 is 0. The van der Waals surface area contributed by atoms with Crippen LogP contribution in [0.1, 0.15) is 72.6 Å². The number of ether oxygens (including phenoxy) is 1. The Balaban J connectivity index is 1.51. The first-order valence-electron chi connectivity index (χ1n) is 10.3. The van der Waals surface area contributed by atoms with E-state index < -0.39 is 5.41 Å². The van der Waals surface area contributed by atoms with Gasteiger partial charge in [-0.1, -0.05) is 13.8 Å². The molecule has 0 heterocycles. The molecule has 6 aliphatic carbocycles. The Morgan fingerprint density at radius 1 is 1.04 bits per heavy atom. The van der Waals surface area contributed by atoms with Gasteiger partial charge in [-0.05, 0) is 91.8 Å². The van der Waals surface area contributed by atoms with E-state index in [1.165, 1.54) is 32.6 Å². The van der Waals surface area contributed by atoms with Crippen molar-refractivity contribution in [3.63, 3.8) is 0 Å². The lowest BCUT2D eigenvalue weighted by molar-refractivity contribution is -0.203. The number of rotatable bonds is 2. The van der Waals surface area contributed by atoms with Crippen LogP contribution in [-0.4, -0.2) is 18.4 Å². The maximum Gasteiger partial charge on any atom is 0.302 e. The molecule has 0 aromatic heterocycles. The summed E-state index contributed by atoms with van der Waals surface area (Å²) in [4.78, 5) is 23.8. The van der Waals surface area contributed by atoms with Crippen LogP contribution in [0.3, 0.4) is 0 Å². The largest absolute Gasteiger partial charge is 0.462 e. The number of carbonyl (C=O) groups is 2. The molecular formula is C22H32O3. The highest BCUT2D eigenvalue weighted by molar-refractivity contribution is 5.68. The predicted molar refractivity (Wildman–Crippen MR) is 94.7 cm³/mol. The standard InChI is InChI=1S/C22H32O3/c1-13(24)25-18-6-7-19(2)16(21(18,4)12-23)5-8-22-10-15-14(9-17(19)22)20(15,3)11-22/h12,14-18H,5-11H2,1-4H3/t14-,15?,16+,17+,18-,19-,20-,21+,22+/m1/s1. The Kier molecular flexibility index (Phi) is 2.95. The van der Waals surface area contributed by atoms with Crippen molar-refractivity contribution in [3.8, 4) is 0 Å². The van der Waals surface area contributed by atoms with Crippen LogP contribution < -0.4 is 0 Å². The zero-order valence-electron chi connectivity index (χ0n) is 16.1. The van der Waals surface area contributed by atoms with Gasteiger partial charge in [0.1, 0.15) is 12.4 Å². The molecule has 1 spiro atoms. The molecule has 0 amide bonds. The molecule has 0 saturated heterocycles. The van der Waals surface area contributed by atoms with Gasteiger partial charge >= 0.3 is 5.97 Å². The van der Waals surface area contributed by atoms with E-state index >= 15 is 0 Å². The minimum Gasteiger partial charge on any atom is -0.462 e. The van der Waals surface area contributed by atoms with E-state index in [0.29, 0.717) is 16.7 Å². The lowest BCUT2D eigenvalue weighted by atomic mass is 9.39. The molecule has 1 unspecified atom stereocenters. The molecule has 0 aromatic rings. The molecule has 9 atom stereocenters. The molecule has 0 N–H and O–H groups in total. The molecule has 4 bridgehead atoms. The van der Waals surface area contributed by atoms with Gasteiger partial charge in [0.15, 0.2) is 0 Å². The van der Waals surface area contributed by atoms with Crippen LogP contribution in [0.15, 0.2) is 0 Å². The Morgan fingerprint density at radius 2 is 1.80 bits per heavy atom. The van der Waals surface area contributed by atoms with Gasteiger partial charge in [0.05, 0.1) is 5.41 Å². The predicted octanol–water partition coefficient (Wildman–Crippen LogP) is 4.39. The van der Waals surface area contributed by atoms with E-state index in [9.17, 15) is 9.59 Å². The first-order chi connectivity index (χ1) is 11.7. The van der Waals surface area contributed by atoms with Gasteiger partial charge in [-0.25, -0.2) is 0 Å². The van der Waals surface area contributed by atoms with Gasteiger partial charge in [-0.3, -0.25) is 4.79 Å². The van der Waals surface area contributed by atoms with E-state index in [1.807, 2.05) is 0 Å². The molecule has 25 heavy (non-hydrogen) atoms. The summed E-state index contributed by atoms with van der Waals surface area (Å²) in [7, 11) is 0. The average molecular weight is 344 g/mol. The molecule has 6 aliphatic rings. The first kappa shape index (κ1) is 16.3. The minimum atomic E-state index is -0.520. The number of hydrogen-bond donors (Lipinski definition) is 0. The molecule has 6 saturated carbocycles. The highest BCUT2D eigenvalue weighted by Crippen LogP contribution is 2.85. The van der Waals surface area contributed by atoms with Crippen molar-refractivity contribution in [1.82, 2.24) is 0 Å². The third-order valence-electron chi connectivity index (χ3n) is 10.1. The van der Waals surface area contributed by atoms with Crippen LogP contribution in [0.25, 0.3) is 0 Å². The lowest BCUT2D eigenvalue weighted by Gasteiger charge is -2.65. The summed E-state index contributed by atoms with van der Waals surface area (Å²) in [6.45, 7) is 8.56. The van der Waals surface area contributed by atoms with Crippen LogP contribution in [0.4, 0.5) is 0 Å². The summed E-state index contributed by atoms with van der Waals surface area (Å²) in [6.07, 6.45) is 9.55. The highest BCUT2D eigenvalue weighted by atomic mass is 16.5. The smallest absolute Gasteiger partial charge is 0.302 e. The summed E-state index contributed by atoms with van der Waals surface area (Å²) in [5, 5.41) is 0. The summed E-state index contributed by atoms with van der Waals surface area (Å²) in [5.74, 6) is 2.83. The van der Waals surface area contributed by atoms with Crippen molar-refractivity contribution in [3.05, 3.63) is 0 Å². The molecule has 0 aliphatic heterocycles. The zero-order chi connectivity index (χ0) is 17.8. The van der Waals surface area contributed by atoms with Crippen LogP contribution >= 0.6 is 0 Å². The number of carbonyl (C=O) groups excluding carboxylic acids is 2. The normalized spacial score (nSPS) is 61.0. The Bertz CT molecular complexity index is 658. The fourth-order valence-corrected chi connectivity index (χ4v) is 9.10. The number of esters is 1. The molecule has 3 nitrogen and oxygen atoms in total. The fraction of sp³-hybridized carbons (Fsp3) is 0.909. The number of aldehydes is 1. The Labute approximate surface area is 151 Å². The summed E-state index contributed by atoms with van der Waals surface area (Å²) in [5.41, 5.74) is 0.924. The van der Waals surface area contributed by atoms with Gasteiger partial charge in [0.2, 0.25) is 0 Å². The minimum absolute atomic E-state index is 0.236. The molecule has 3 heteroatoms. The van der Waals surface area contributed by atoms with E-state index in [4.69, 9.17) is 4.74 Å². The molecule has 6 fully saturated rings. The number of hydrogen-bond acceptors (Lipinski definition) is 3. The van der Waals surface area contributed by atoms with Crippen molar-refractivity contribution in [2.75, 3.05) is 0 Å². The second-order valence-electron chi connectivity index (χ2n) is 11.0. The van der Waals surface area contributed by atoms with Gasteiger partial charge in [-0.15, -0.1) is 0 Å². The summed E-state index contributed by atoms with van der Waals surface area (Å²) < 4.78 is 5.64. The van der Waals surface area contributed by atoms with Crippen LogP contribution in [0.5, 0.6) is 0 Å². The maximum atomic E-state index is 12.3. The SMILES string of the molecule is CC(=O)O[C@@H]1CC[C@@]2(C)[C@@H]3C[C@@H]4C5C[C@@]3(CC[C@@H]2[C@]1(C)C=O)C[C@@]54C. The molecule has 138 valence electrons. The van der Waals surface area contributed by atoms with Crippen molar-refractivity contribution in [1.29, 1.82) is 0 Å². The van der Waals surface area contributed by atoms with Crippen molar-refractivity contribution >= 4 is 12.3 Å². The Hall–Kier alpha value is -0.860. The third-order valence-corrected chi connectivity index (χ3v) is 10.1. The number of fused-ring (bicyclic) bond motifs is 1. The van der Waals surface area contributed by atoms with Crippen LogP contribution in [-0.2, 0) is 14.3 Å². The molecule has 0 aromatic carbocycles. The maximum absolute atomic E-state index is 12.3. The van der Waals surface area contributed by atoms with Gasteiger partial charge in [0.25, 0.3) is 0 Å². The van der Waals surface area contributed by atoms with Crippen LogP contribution in [0.2, 0.25) is 0 Å². The first-order valence-corrected chi connectivity index (χ1v) is 10.3. The van der Waals surface area contributed by atoms with E-state index in [1.54, 1.807) is 0 Å². The monoisotopic (exact) mass is 344 g/mol. The quantitative estimate of drug-likeness (QED) is 0.551. The zero-order valence-corrected chi connectivity index (χ0v) is 16.1. The third kappa shape index (κ3) is 1.74. The highest BCUT2D eigenvalue weighted by Gasteiger charge is 2.78. The second kappa shape index (κ2) is 4.51. The van der Waals surface area contributed by atoms with Gasteiger partial charge < -0.3 is 9.53 Å². The second-order valence-corrected chi connectivity index (χ2v) is 11.0. The lowest BCUT2D eigenvalue weighted by Crippen LogP contribution is -2.62. The molecule has 6 rings (SSSR count). The topological polar surface area (TPSA) is 43.4 Å². The van der Waals surface area contributed by atoms with Gasteiger partial charge in [-0.2, -0.15) is 0 Å². The molecule has 0 radical (unpaired) electrons. The van der Waals surface area contributed by atoms with Crippen molar-refractivity contribution < 1.29 is 14.3 Å². The molecular weight excluding hydrogens is 312 g/mol. The average Bonchev–Trinajstić information content (AvgIpc) is 3.00. The van der Waals surface area contributed by atoms with E-state index in [0.717, 1.165) is 43.3 Å². The van der Waals surface area contributed by atoms with Crippen molar-refractivity contribution in [2.24, 2.45) is 45.3 Å². The van der Waals surface area contributed by atoms with E-state index in [-0.39, 0.29) is 17.5 Å². The summed E-state index contributed by atoms with van der Waals surface area (Å²) in [6, 6.07) is 0. The van der Waals surface area contributed by atoms with E-state index in [2.05, 4.69) is 20.8 Å². The van der Waals surface area contributed by atoms with Crippen LogP contribution in [0, 0.1) is 45.3 Å².